The minimum atomic E-state index is -1.28. The summed E-state index contributed by atoms with van der Waals surface area (Å²) in [6.45, 7) is 3.89. The lowest BCUT2D eigenvalue weighted by molar-refractivity contribution is 0.0694. The van der Waals surface area contributed by atoms with Crippen molar-refractivity contribution in [2.24, 2.45) is 0 Å². The molecule has 7 nitrogen and oxygen atoms in total. The van der Waals surface area contributed by atoms with Gasteiger partial charge >= 0.3 is 5.97 Å². The van der Waals surface area contributed by atoms with Gasteiger partial charge in [-0.25, -0.2) is 14.8 Å². The van der Waals surface area contributed by atoms with Gasteiger partial charge in [0.15, 0.2) is 10.8 Å². The second-order valence-corrected chi connectivity index (χ2v) is 5.41. The van der Waals surface area contributed by atoms with Gasteiger partial charge in [0.25, 0.3) is 0 Å². The van der Waals surface area contributed by atoms with Gasteiger partial charge in [-0.3, -0.25) is 4.79 Å². The summed E-state index contributed by atoms with van der Waals surface area (Å²) >= 11 is 1.31. The molecule has 0 radical (unpaired) electrons. The number of carboxylic acids is 1. The number of hydrogen-bond acceptors (Lipinski definition) is 6. The van der Waals surface area contributed by atoms with Crippen LogP contribution in [0.1, 0.15) is 36.7 Å². The van der Waals surface area contributed by atoms with Crippen LogP contribution in [0.3, 0.4) is 0 Å². The first-order chi connectivity index (χ1) is 9.90. The van der Waals surface area contributed by atoms with Crippen molar-refractivity contribution in [3.05, 3.63) is 22.0 Å². The zero-order valence-electron chi connectivity index (χ0n) is 12.0. The van der Waals surface area contributed by atoms with E-state index in [1.165, 1.54) is 18.0 Å². The average Bonchev–Trinajstić information content (AvgIpc) is 2.45. The number of nitrogen functional groups attached to an aromatic ring is 1. The Balaban J connectivity index is 2.98. The third-order valence-corrected chi connectivity index (χ3v) is 3.91. The maximum atomic E-state index is 12.3. The Morgan fingerprint density at radius 2 is 2.19 bits per heavy atom. The van der Waals surface area contributed by atoms with Gasteiger partial charge < -0.3 is 15.4 Å². The molecule has 1 unspecified atom stereocenters. The number of aromatic carboxylic acids is 1. The third-order valence-electron chi connectivity index (χ3n) is 3.36. The number of thioether (sulfide) groups is 1. The fourth-order valence-corrected chi connectivity index (χ4v) is 2.39. The highest BCUT2D eigenvalue weighted by atomic mass is 32.2. The molecule has 0 aliphatic rings. The highest BCUT2D eigenvalue weighted by Gasteiger charge is 2.20. The van der Waals surface area contributed by atoms with Crippen LogP contribution in [-0.2, 0) is 0 Å². The summed E-state index contributed by atoms with van der Waals surface area (Å²) in [6, 6.07) is -0.0183. The predicted octanol–water partition coefficient (Wildman–Crippen LogP) is 1.76. The highest BCUT2D eigenvalue weighted by Crippen LogP contribution is 2.23. The minimum Gasteiger partial charge on any atom is -0.477 e. The van der Waals surface area contributed by atoms with Crippen molar-refractivity contribution in [1.82, 2.24) is 14.5 Å². The second kappa shape index (κ2) is 5.72. The Kier molecular flexibility index (Phi) is 4.17. The number of rotatable bonds is 4. The van der Waals surface area contributed by atoms with Crippen molar-refractivity contribution in [2.75, 3.05) is 12.0 Å². The Morgan fingerprint density at radius 1 is 1.52 bits per heavy atom. The van der Waals surface area contributed by atoms with E-state index in [1.54, 1.807) is 10.8 Å². The van der Waals surface area contributed by atoms with Crippen LogP contribution in [-0.4, -0.2) is 31.9 Å². The first kappa shape index (κ1) is 15.3. The molecule has 0 amide bonds. The number of anilines is 1. The van der Waals surface area contributed by atoms with Crippen LogP contribution in [0.25, 0.3) is 11.0 Å². The standard InChI is InChI=1S/C13H16N4O3S/c1-4-6(2)17-5-7(12(19)20)9(18)8-10(14)15-13(21-3)16-11(8)17/h5-6H,4H2,1-3H3,(H,19,20)(H2,14,15,16). The molecule has 3 N–H and O–H groups in total. The largest absolute Gasteiger partial charge is 0.477 e. The SMILES string of the molecule is CCC(C)n1cc(C(=O)O)c(=O)c2c(N)nc(SC)nc21. The van der Waals surface area contributed by atoms with Crippen LogP contribution >= 0.6 is 11.8 Å². The van der Waals surface area contributed by atoms with Crippen LogP contribution in [0.5, 0.6) is 0 Å². The number of carboxylic acid groups (broad SMARTS) is 1. The van der Waals surface area contributed by atoms with E-state index in [9.17, 15) is 14.7 Å². The first-order valence-electron chi connectivity index (χ1n) is 6.40. The lowest BCUT2D eigenvalue weighted by Gasteiger charge is -2.18. The minimum absolute atomic E-state index is 0.00880. The molecule has 0 aliphatic heterocycles. The molecule has 0 saturated heterocycles. The van der Waals surface area contributed by atoms with E-state index in [-0.39, 0.29) is 22.8 Å². The van der Waals surface area contributed by atoms with Crippen LogP contribution in [0, 0.1) is 0 Å². The molecule has 0 fully saturated rings. The third kappa shape index (κ3) is 2.58. The van der Waals surface area contributed by atoms with Gasteiger partial charge in [-0.1, -0.05) is 18.7 Å². The topological polar surface area (TPSA) is 111 Å². The number of aromatic nitrogens is 3. The van der Waals surface area contributed by atoms with Crippen molar-refractivity contribution in [1.29, 1.82) is 0 Å². The fourth-order valence-electron chi connectivity index (χ4n) is 2.02. The lowest BCUT2D eigenvalue weighted by Crippen LogP contribution is -2.22. The number of fused-ring (bicyclic) bond motifs is 1. The van der Waals surface area contributed by atoms with Crippen molar-refractivity contribution in [2.45, 2.75) is 31.5 Å². The quantitative estimate of drug-likeness (QED) is 0.654. The summed E-state index contributed by atoms with van der Waals surface area (Å²) in [5, 5.41) is 9.70. The molecule has 2 aromatic rings. The molecular weight excluding hydrogens is 292 g/mol. The zero-order chi connectivity index (χ0) is 15.7. The van der Waals surface area contributed by atoms with Crippen molar-refractivity contribution in [3.8, 4) is 0 Å². The van der Waals surface area contributed by atoms with Crippen LogP contribution < -0.4 is 11.2 Å². The van der Waals surface area contributed by atoms with Gasteiger partial charge in [0.05, 0.1) is 0 Å². The van der Waals surface area contributed by atoms with E-state index in [2.05, 4.69) is 9.97 Å². The number of hydrogen-bond donors (Lipinski definition) is 2. The number of pyridine rings is 1. The molecule has 0 aromatic carbocycles. The molecule has 2 heterocycles. The van der Waals surface area contributed by atoms with Crippen molar-refractivity contribution >= 4 is 34.6 Å². The van der Waals surface area contributed by atoms with E-state index in [4.69, 9.17) is 5.73 Å². The van der Waals surface area contributed by atoms with E-state index in [1.807, 2.05) is 13.8 Å². The number of nitrogens with zero attached hydrogens (tertiary/aromatic N) is 3. The van der Waals surface area contributed by atoms with E-state index in [0.717, 1.165) is 6.42 Å². The van der Waals surface area contributed by atoms with Gasteiger partial charge in [0.1, 0.15) is 16.8 Å². The summed E-state index contributed by atoms with van der Waals surface area (Å²) in [4.78, 5) is 31.9. The smallest absolute Gasteiger partial charge is 0.341 e. The van der Waals surface area contributed by atoms with Gasteiger partial charge in [0.2, 0.25) is 5.43 Å². The molecule has 8 heteroatoms. The highest BCUT2D eigenvalue weighted by molar-refractivity contribution is 7.98. The van der Waals surface area contributed by atoms with E-state index in [0.29, 0.717) is 10.8 Å². The zero-order valence-corrected chi connectivity index (χ0v) is 12.8. The van der Waals surface area contributed by atoms with E-state index < -0.39 is 11.4 Å². The molecule has 112 valence electrons. The summed E-state index contributed by atoms with van der Waals surface area (Å²) < 4.78 is 1.68. The van der Waals surface area contributed by atoms with Crippen LogP contribution in [0.2, 0.25) is 0 Å². The number of carbonyl (C=O) groups is 1. The summed E-state index contributed by atoms with van der Waals surface area (Å²) in [5.41, 5.74) is 5.24. The molecule has 0 saturated carbocycles. The van der Waals surface area contributed by atoms with Crippen LogP contribution in [0.15, 0.2) is 16.1 Å². The van der Waals surface area contributed by atoms with E-state index >= 15 is 0 Å². The predicted molar refractivity (Wildman–Crippen MR) is 82.0 cm³/mol. The first-order valence-corrected chi connectivity index (χ1v) is 7.62. The number of nitrogens with two attached hydrogens (primary N) is 1. The molecule has 2 rings (SSSR count). The summed E-state index contributed by atoms with van der Waals surface area (Å²) in [6.07, 6.45) is 3.89. The van der Waals surface area contributed by atoms with Gasteiger partial charge in [0, 0.05) is 12.2 Å². The molecule has 0 spiro atoms. The Labute approximate surface area is 125 Å². The Bertz CT molecular complexity index is 772. The average molecular weight is 308 g/mol. The molecule has 0 aliphatic carbocycles. The van der Waals surface area contributed by atoms with Crippen LogP contribution in [0.4, 0.5) is 5.82 Å². The van der Waals surface area contributed by atoms with Gasteiger partial charge in [-0.2, -0.15) is 0 Å². The summed E-state index contributed by atoms with van der Waals surface area (Å²) in [5.74, 6) is -1.28. The maximum Gasteiger partial charge on any atom is 0.341 e. The molecule has 1 atom stereocenters. The lowest BCUT2D eigenvalue weighted by atomic mass is 10.1. The Hall–Kier alpha value is -2.09. The molecule has 21 heavy (non-hydrogen) atoms. The summed E-state index contributed by atoms with van der Waals surface area (Å²) in [7, 11) is 0. The Morgan fingerprint density at radius 3 is 2.71 bits per heavy atom. The van der Waals surface area contributed by atoms with Crippen molar-refractivity contribution < 1.29 is 9.90 Å². The second-order valence-electron chi connectivity index (χ2n) is 4.64. The molecule has 2 aromatic heterocycles. The van der Waals surface area contributed by atoms with Gasteiger partial charge in [-0.15, -0.1) is 0 Å². The van der Waals surface area contributed by atoms with Gasteiger partial charge in [-0.05, 0) is 19.6 Å². The monoisotopic (exact) mass is 308 g/mol. The fraction of sp³-hybridized carbons (Fsp3) is 0.385. The normalized spacial score (nSPS) is 12.5. The maximum absolute atomic E-state index is 12.3. The molecule has 0 bridgehead atoms. The molecular formula is C13H16N4O3S. The van der Waals surface area contributed by atoms with Crippen molar-refractivity contribution in [3.63, 3.8) is 0 Å².